The molecule has 1 aromatic carbocycles. The Hall–Kier alpha value is -2.71. The van der Waals surface area contributed by atoms with Crippen molar-refractivity contribution in [2.45, 2.75) is 11.5 Å². The second-order valence-corrected chi connectivity index (χ2v) is 7.50. The van der Waals surface area contributed by atoms with Gasteiger partial charge in [0.05, 0.1) is 11.9 Å². The van der Waals surface area contributed by atoms with Gasteiger partial charge in [0, 0.05) is 25.2 Å². The number of hydrogen-bond donors (Lipinski definition) is 1. The van der Waals surface area contributed by atoms with Crippen LogP contribution >= 0.6 is 12.2 Å². The Balaban J connectivity index is 1.56. The molecule has 0 radical (unpaired) electrons. The molecule has 2 saturated heterocycles. The number of thiocarbonyl (C=S) groups is 1. The minimum atomic E-state index is -0.810. The van der Waals surface area contributed by atoms with Gasteiger partial charge >= 0.3 is 0 Å². The minimum absolute atomic E-state index is 0.0486. The molecule has 27 heavy (non-hydrogen) atoms. The molecule has 1 N–H and O–H groups in total. The maximum atomic E-state index is 13.6. The van der Waals surface area contributed by atoms with Crippen molar-refractivity contribution < 1.29 is 14.3 Å². The Morgan fingerprint density at radius 1 is 1.30 bits per heavy atom. The Morgan fingerprint density at radius 3 is 2.96 bits per heavy atom. The normalized spacial score (nSPS) is 26.9. The third-order valence-electron chi connectivity index (χ3n) is 5.43. The van der Waals surface area contributed by atoms with Crippen molar-refractivity contribution in [3.8, 4) is 11.5 Å². The Morgan fingerprint density at radius 2 is 2.15 bits per heavy atom. The summed E-state index contributed by atoms with van der Waals surface area (Å²) in [4.78, 5) is 21.4. The summed E-state index contributed by atoms with van der Waals surface area (Å²) in [6.45, 7) is 1.54. The summed E-state index contributed by atoms with van der Waals surface area (Å²) in [5, 5.41) is 3.75. The quantitative estimate of drug-likeness (QED) is 0.790. The highest BCUT2D eigenvalue weighted by Gasteiger charge is 2.59. The van der Waals surface area contributed by atoms with Gasteiger partial charge in [-0.05, 0) is 49.1 Å². The number of fused-ring (bicyclic) bond motifs is 1. The van der Waals surface area contributed by atoms with Crippen LogP contribution in [-0.4, -0.2) is 53.4 Å². The third kappa shape index (κ3) is 2.40. The molecular formula is C19H18N4O3S. The molecule has 0 bridgehead atoms. The predicted molar refractivity (Wildman–Crippen MR) is 103 cm³/mol. The fraction of sp³-hybridized carbons (Fsp3) is 0.316. The number of benzene rings is 1. The fourth-order valence-electron chi connectivity index (χ4n) is 4.24. The topological polar surface area (TPSA) is 66.9 Å². The summed E-state index contributed by atoms with van der Waals surface area (Å²) >= 11 is 5.53. The second kappa shape index (κ2) is 5.90. The van der Waals surface area contributed by atoms with Gasteiger partial charge in [-0.15, -0.1) is 0 Å². The number of likely N-dealkylation sites (N-methyl/N-ethyl adjacent to an activating group) is 1. The lowest BCUT2D eigenvalue weighted by Crippen LogP contribution is -2.52. The summed E-state index contributed by atoms with van der Waals surface area (Å²) < 4.78 is 10.9. The number of nitrogens with one attached hydrogen (secondary N) is 1. The van der Waals surface area contributed by atoms with Crippen LogP contribution in [0.5, 0.6) is 11.5 Å². The van der Waals surface area contributed by atoms with Crippen LogP contribution in [0.15, 0.2) is 42.7 Å². The maximum absolute atomic E-state index is 13.6. The number of nitrogens with zero attached hydrogens (tertiary/aromatic N) is 3. The summed E-state index contributed by atoms with van der Waals surface area (Å²) in [5.74, 6) is 1.34. The molecule has 2 fully saturated rings. The first-order valence-corrected chi connectivity index (χ1v) is 9.14. The van der Waals surface area contributed by atoms with E-state index in [9.17, 15) is 4.79 Å². The zero-order chi connectivity index (χ0) is 18.6. The van der Waals surface area contributed by atoms with E-state index in [0.717, 1.165) is 17.9 Å². The number of carbonyl (C=O) groups excluding carboxylic acids is 1. The minimum Gasteiger partial charge on any atom is -0.454 e. The lowest BCUT2D eigenvalue weighted by Gasteiger charge is -2.28. The van der Waals surface area contributed by atoms with Gasteiger partial charge < -0.3 is 19.7 Å². The molecule has 1 spiro atoms. The largest absolute Gasteiger partial charge is 0.454 e. The van der Waals surface area contributed by atoms with E-state index in [1.54, 1.807) is 23.4 Å². The lowest BCUT2D eigenvalue weighted by molar-refractivity contribution is -0.122. The first-order valence-electron chi connectivity index (χ1n) is 8.73. The Kier molecular flexibility index (Phi) is 3.60. The third-order valence-corrected chi connectivity index (χ3v) is 5.71. The fourth-order valence-corrected chi connectivity index (χ4v) is 4.61. The molecule has 5 rings (SSSR count). The number of amides is 1. The number of ether oxygens (including phenoxy) is 2. The smallest absolute Gasteiger partial charge is 0.261 e. The molecule has 3 aliphatic heterocycles. The molecule has 2 aromatic rings. The average Bonchev–Trinajstić information content (AvgIpc) is 3.32. The van der Waals surface area contributed by atoms with Gasteiger partial charge in [0.25, 0.3) is 5.91 Å². The molecule has 3 aliphatic rings. The van der Waals surface area contributed by atoms with Crippen molar-refractivity contribution >= 4 is 28.9 Å². The van der Waals surface area contributed by atoms with Crippen molar-refractivity contribution in [3.63, 3.8) is 0 Å². The van der Waals surface area contributed by atoms with Crippen LogP contribution in [-0.2, 0) is 4.79 Å². The van der Waals surface area contributed by atoms with E-state index in [1.807, 2.05) is 31.3 Å². The van der Waals surface area contributed by atoms with Crippen LogP contribution in [0.4, 0.5) is 5.69 Å². The van der Waals surface area contributed by atoms with Crippen LogP contribution in [0.1, 0.15) is 11.5 Å². The summed E-state index contributed by atoms with van der Waals surface area (Å²) in [6.07, 6.45) is 3.33. The van der Waals surface area contributed by atoms with Crippen molar-refractivity contribution in [3.05, 3.63) is 48.3 Å². The highest BCUT2D eigenvalue weighted by atomic mass is 32.1. The number of anilines is 1. The molecule has 8 heteroatoms. The van der Waals surface area contributed by atoms with Crippen molar-refractivity contribution in [1.29, 1.82) is 0 Å². The molecule has 4 heterocycles. The zero-order valence-corrected chi connectivity index (χ0v) is 15.5. The monoisotopic (exact) mass is 382 g/mol. The Bertz CT molecular complexity index is 938. The first kappa shape index (κ1) is 16.5. The molecule has 7 nitrogen and oxygen atoms in total. The van der Waals surface area contributed by atoms with E-state index in [-0.39, 0.29) is 18.6 Å². The van der Waals surface area contributed by atoms with Crippen LogP contribution in [0.2, 0.25) is 0 Å². The van der Waals surface area contributed by atoms with Crippen LogP contribution in [0, 0.1) is 0 Å². The van der Waals surface area contributed by atoms with Gasteiger partial charge in [-0.1, -0.05) is 6.07 Å². The van der Waals surface area contributed by atoms with Gasteiger partial charge in [0.2, 0.25) is 6.79 Å². The number of likely N-dealkylation sites (tertiary alicyclic amines) is 1. The highest BCUT2D eigenvalue weighted by molar-refractivity contribution is 7.80. The number of hydrogen-bond acceptors (Lipinski definition) is 6. The van der Waals surface area contributed by atoms with Crippen LogP contribution in [0.25, 0.3) is 0 Å². The Labute approximate surface area is 161 Å². The molecule has 0 saturated carbocycles. The van der Waals surface area contributed by atoms with Gasteiger partial charge in [0.15, 0.2) is 16.6 Å². The average molecular weight is 382 g/mol. The highest BCUT2D eigenvalue weighted by Crippen LogP contribution is 2.43. The van der Waals surface area contributed by atoms with Crippen molar-refractivity contribution in [1.82, 2.24) is 15.2 Å². The lowest BCUT2D eigenvalue weighted by atomic mass is 9.81. The van der Waals surface area contributed by atoms with Gasteiger partial charge in [-0.3, -0.25) is 14.7 Å². The van der Waals surface area contributed by atoms with E-state index >= 15 is 0 Å². The first-order chi connectivity index (χ1) is 13.1. The van der Waals surface area contributed by atoms with Gasteiger partial charge in [-0.2, -0.15) is 0 Å². The summed E-state index contributed by atoms with van der Waals surface area (Å²) in [7, 11) is 2.01. The summed E-state index contributed by atoms with van der Waals surface area (Å²) in [6, 6.07) is 9.52. The van der Waals surface area contributed by atoms with E-state index in [2.05, 4.69) is 15.2 Å². The van der Waals surface area contributed by atoms with Crippen LogP contribution in [0.3, 0.4) is 0 Å². The number of carbonyl (C=O) groups is 1. The SMILES string of the molecule is CN1C[C@@H](c2ccc3c(c2)OCO3)[C@]2(C1)NC(=S)N(c1cccnc1)C2=O. The molecular weight excluding hydrogens is 364 g/mol. The molecule has 0 unspecified atom stereocenters. The summed E-state index contributed by atoms with van der Waals surface area (Å²) in [5.41, 5.74) is 0.895. The number of rotatable bonds is 2. The van der Waals surface area contributed by atoms with E-state index in [1.165, 1.54) is 0 Å². The van der Waals surface area contributed by atoms with Crippen LogP contribution < -0.4 is 19.7 Å². The molecule has 138 valence electrons. The van der Waals surface area contributed by atoms with Gasteiger partial charge in [-0.25, -0.2) is 0 Å². The molecule has 0 aliphatic carbocycles. The van der Waals surface area contributed by atoms with Crippen molar-refractivity contribution in [2.75, 3.05) is 31.8 Å². The molecule has 2 atom stereocenters. The number of pyridine rings is 1. The predicted octanol–water partition coefficient (Wildman–Crippen LogP) is 1.50. The molecule has 1 aromatic heterocycles. The van der Waals surface area contributed by atoms with E-state index < -0.39 is 5.54 Å². The zero-order valence-electron chi connectivity index (χ0n) is 14.7. The molecule has 1 amide bonds. The van der Waals surface area contributed by atoms with Gasteiger partial charge in [0.1, 0.15) is 5.54 Å². The van der Waals surface area contributed by atoms with E-state index in [4.69, 9.17) is 21.7 Å². The van der Waals surface area contributed by atoms with Crippen molar-refractivity contribution in [2.24, 2.45) is 0 Å². The maximum Gasteiger partial charge on any atom is 0.261 e. The number of aromatic nitrogens is 1. The second-order valence-electron chi connectivity index (χ2n) is 7.12. The standard InChI is InChI=1S/C19H18N4O3S/c1-22-9-14(12-4-5-15-16(7-12)26-11-25-15)19(10-22)17(24)23(18(27)21-19)13-3-2-6-20-8-13/h2-8,14H,9-11H2,1H3,(H,21,27)/t14-,19-/m0/s1. The van der Waals surface area contributed by atoms with E-state index in [0.29, 0.717) is 23.1 Å².